The molecule has 1 aliphatic rings. The molecule has 8 nitrogen and oxygen atoms in total. The first-order valence-electron chi connectivity index (χ1n) is 8.67. The van der Waals surface area contributed by atoms with Crippen LogP contribution in [-0.2, 0) is 9.53 Å². The van der Waals surface area contributed by atoms with Crippen LogP contribution in [0.3, 0.4) is 0 Å². The fourth-order valence-electron chi connectivity index (χ4n) is 2.77. The smallest absolute Gasteiger partial charge is 0.312 e. The topological polar surface area (TPSA) is 108 Å². The highest BCUT2D eigenvalue weighted by Gasteiger charge is 2.23. The second kappa shape index (κ2) is 10.3. The number of carbonyl (C=O) groups is 1. The predicted octanol–water partition coefficient (Wildman–Crippen LogP) is 2.37. The van der Waals surface area contributed by atoms with E-state index >= 15 is 0 Å². The quantitative estimate of drug-likeness (QED) is 0.397. The highest BCUT2D eigenvalue weighted by atomic mass is 35.5. The predicted molar refractivity (Wildman–Crippen MR) is 97.4 cm³/mol. The molecule has 1 fully saturated rings. The summed E-state index contributed by atoms with van der Waals surface area (Å²) in [5, 5.41) is 11.3. The van der Waals surface area contributed by atoms with Gasteiger partial charge in [0.05, 0.1) is 24.1 Å². The number of hydrogen-bond donors (Lipinski definition) is 1. The van der Waals surface area contributed by atoms with Crippen molar-refractivity contribution in [1.29, 1.82) is 0 Å². The molecule has 0 aromatic heterocycles. The van der Waals surface area contributed by atoms with E-state index in [0.717, 1.165) is 19.3 Å². The van der Waals surface area contributed by atoms with Gasteiger partial charge in [0.15, 0.2) is 5.75 Å². The van der Waals surface area contributed by atoms with Crippen LogP contribution in [0, 0.1) is 10.1 Å². The number of halogens is 1. The third-order valence-electron chi connectivity index (χ3n) is 4.19. The zero-order chi connectivity index (χ0) is 18.9. The summed E-state index contributed by atoms with van der Waals surface area (Å²) in [6, 6.07) is 4.18. The molecule has 144 valence electrons. The minimum Gasteiger partial charge on any atom is -0.486 e. The number of rotatable bonds is 9. The van der Waals surface area contributed by atoms with Gasteiger partial charge < -0.3 is 20.1 Å². The Labute approximate surface area is 157 Å². The molecule has 0 radical (unpaired) electrons. The second-order valence-electron chi connectivity index (χ2n) is 6.06. The number of piperidine rings is 1. The molecular formula is C17H24ClN3O5. The standard InChI is InChI=1S/C17H24ClN3O5/c18-13-2-3-16(15(12-13)21(23)24)26-11-6-17(22)20-8-4-14(5-9-20)25-10-1-7-19/h2-3,12,14H,1,4-11,19H2. The molecule has 0 unspecified atom stereocenters. The van der Waals surface area contributed by atoms with Crippen LogP contribution in [0.15, 0.2) is 18.2 Å². The van der Waals surface area contributed by atoms with Crippen LogP contribution in [0.25, 0.3) is 0 Å². The van der Waals surface area contributed by atoms with E-state index in [2.05, 4.69) is 0 Å². The Morgan fingerprint density at radius 1 is 1.35 bits per heavy atom. The summed E-state index contributed by atoms with van der Waals surface area (Å²) >= 11 is 5.76. The third-order valence-corrected chi connectivity index (χ3v) is 4.42. The van der Waals surface area contributed by atoms with E-state index in [1.54, 1.807) is 4.90 Å². The second-order valence-corrected chi connectivity index (χ2v) is 6.50. The number of hydrogen-bond acceptors (Lipinski definition) is 6. The van der Waals surface area contributed by atoms with Gasteiger partial charge in [-0.25, -0.2) is 0 Å². The normalized spacial score (nSPS) is 15.1. The summed E-state index contributed by atoms with van der Waals surface area (Å²) in [6.07, 6.45) is 2.80. The van der Waals surface area contributed by atoms with Crippen molar-refractivity contribution < 1.29 is 19.2 Å². The minimum absolute atomic E-state index is 0.0259. The van der Waals surface area contributed by atoms with Crippen LogP contribution < -0.4 is 10.5 Å². The lowest BCUT2D eigenvalue weighted by molar-refractivity contribution is -0.385. The van der Waals surface area contributed by atoms with Gasteiger partial charge in [-0.2, -0.15) is 0 Å². The first-order valence-corrected chi connectivity index (χ1v) is 9.05. The van der Waals surface area contributed by atoms with Gasteiger partial charge in [0.1, 0.15) is 0 Å². The molecule has 0 spiro atoms. The average Bonchev–Trinajstić information content (AvgIpc) is 2.63. The summed E-state index contributed by atoms with van der Waals surface area (Å²) in [6.45, 7) is 2.64. The van der Waals surface area contributed by atoms with E-state index in [1.165, 1.54) is 18.2 Å². The molecule has 1 saturated heterocycles. The van der Waals surface area contributed by atoms with Gasteiger partial charge >= 0.3 is 5.69 Å². The van der Waals surface area contributed by atoms with Crippen molar-refractivity contribution in [3.8, 4) is 5.75 Å². The van der Waals surface area contributed by atoms with Gasteiger partial charge in [0.2, 0.25) is 5.91 Å². The number of carbonyl (C=O) groups excluding carboxylic acids is 1. The van der Waals surface area contributed by atoms with E-state index in [-0.39, 0.29) is 41.5 Å². The Morgan fingerprint density at radius 2 is 2.08 bits per heavy atom. The maximum Gasteiger partial charge on any atom is 0.312 e. The van der Waals surface area contributed by atoms with Crippen molar-refractivity contribution in [1.82, 2.24) is 4.90 Å². The fraction of sp³-hybridized carbons (Fsp3) is 0.588. The monoisotopic (exact) mass is 385 g/mol. The number of likely N-dealkylation sites (tertiary alicyclic amines) is 1. The molecule has 1 amide bonds. The summed E-state index contributed by atoms with van der Waals surface area (Å²) in [5.74, 6) is 0.0845. The Morgan fingerprint density at radius 3 is 2.73 bits per heavy atom. The molecule has 2 rings (SSSR count). The van der Waals surface area contributed by atoms with Crippen molar-refractivity contribution >= 4 is 23.2 Å². The van der Waals surface area contributed by atoms with E-state index in [0.29, 0.717) is 26.2 Å². The summed E-state index contributed by atoms with van der Waals surface area (Å²) in [4.78, 5) is 24.5. The zero-order valence-electron chi connectivity index (χ0n) is 14.6. The molecular weight excluding hydrogens is 362 g/mol. The first-order chi connectivity index (χ1) is 12.5. The molecule has 9 heteroatoms. The molecule has 0 saturated carbocycles. The van der Waals surface area contributed by atoms with Gasteiger partial charge in [0, 0.05) is 30.8 Å². The SMILES string of the molecule is NCCCOC1CCN(C(=O)CCOc2ccc(Cl)cc2[N+](=O)[O-])CC1. The van der Waals surface area contributed by atoms with Crippen LogP contribution in [0.2, 0.25) is 5.02 Å². The Kier molecular flexibility index (Phi) is 8.08. The molecule has 1 heterocycles. The minimum atomic E-state index is -0.557. The van der Waals surface area contributed by atoms with Gasteiger partial charge in [0.25, 0.3) is 0 Å². The third kappa shape index (κ3) is 6.12. The van der Waals surface area contributed by atoms with Crippen molar-refractivity contribution in [3.05, 3.63) is 33.3 Å². The Bertz CT molecular complexity index is 620. The van der Waals surface area contributed by atoms with Crippen molar-refractivity contribution in [2.45, 2.75) is 31.8 Å². The number of benzene rings is 1. The molecule has 0 atom stereocenters. The number of nitrogens with two attached hydrogens (primary N) is 1. The van der Waals surface area contributed by atoms with Crippen molar-refractivity contribution in [2.24, 2.45) is 5.73 Å². The molecule has 1 aliphatic heterocycles. The lowest BCUT2D eigenvalue weighted by atomic mass is 10.1. The average molecular weight is 386 g/mol. The van der Waals surface area contributed by atoms with Crippen molar-refractivity contribution in [2.75, 3.05) is 32.8 Å². The maximum absolute atomic E-state index is 12.3. The highest BCUT2D eigenvalue weighted by molar-refractivity contribution is 6.30. The zero-order valence-corrected chi connectivity index (χ0v) is 15.3. The van der Waals surface area contributed by atoms with Gasteiger partial charge in [-0.1, -0.05) is 11.6 Å². The fourth-order valence-corrected chi connectivity index (χ4v) is 2.93. The van der Waals surface area contributed by atoms with E-state index in [4.69, 9.17) is 26.8 Å². The van der Waals surface area contributed by atoms with Crippen molar-refractivity contribution in [3.63, 3.8) is 0 Å². The van der Waals surface area contributed by atoms with Crippen LogP contribution in [0.1, 0.15) is 25.7 Å². The summed E-state index contributed by atoms with van der Waals surface area (Å²) < 4.78 is 11.1. The molecule has 0 aliphatic carbocycles. The molecule has 1 aromatic rings. The number of nitro benzene ring substituents is 1. The summed E-state index contributed by atoms with van der Waals surface area (Å²) in [7, 11) is 0. The lowest BCUT2D eigenvalue weighted by Gasteiger charge is -2.32. The lowest BCUT2D eigenvalue weighted by Crippen LogP contribution is -2.41. The van der Waals surface area contributed by atoms with E-state index < -0.39 is 4.92 Å². The molecule has 2 N–H and O–H groups in total. The number of ether oxygens (including phenoxy) is 2. The number of nitro groups is 1. The number of nitrogens with zero attached hydrogens (tertiary/aromatic N) is 2. The van der Waals surface area contributed by atoms with E-state index in [9.17, 15) is 14.9 Å². The Balaban J connectivity index is 1.74. The molecule has 26 heavy (non-hydrogen) atoms. The van der Waals surface area contributed by atoms with Crippen LogP contribution in [0.4, 0.5) is 5.69 Å². The maximum atomic E-state index is 12.3. The van der Waals surface area contributed by atoms with Crippen LogP contribution >= 0.6 is 11.6 Å². The van der Waals surface area contributed by atoms with Gasteiger partial charge in [-0.15, -0.1) is 0 Å². The highest BCUT2D eigenvalue weighted by Crippen LogP contribution is 2.30. The number of amides is 1. The Hall–Kier alpha value is -1.90. The largest absolute Gasteiger partial charge is 0.486 e. The van der Waals surface area contributed by atoms with Crippen LogP contribution in [-0.4, -0.2) is 54.7 Å². The molecule has 1 aromatic carbocycles. The van der Waals surface area contributed by atoms with Gasteiger partial charge in [-0.3, -0.25) is 14.9 Å². The summed E-state index contributed by atoms with van der Waals surface area (Å²) in [5.41, 5.74) is 5.23. The first kappa shape index (κ1) is 20.4. The van der Waals surface area contributed by atoms with E-state index in [1.807, 2.05) is 0 Å². The van der Waals surface area contributed by atoms with Gasteiger partial charge in [-0.05, 0) is 37.9 Å². The molecule has 0 bridgehead atoms. The van der Waals surface area contributed by atoms with Crippen LogP contribution in [0.5, 0.6) is 5.75 Å².